The van der Waals surface area contributed by atoms with Gasteiger partial charge in [-0.05, 0) is 50.1 Å². The molecule has 1 N–H and O–H groups in total. The SMILES string of the molecule is COc1ccc(-c2ccc3nc4n(c3c2)C(c2ccccc2)C2CN(C(=O)NC(C)(C)C)CC42)cn1. The Bertz CT molecular complexity index is 1420. The molecule has 7 nitrogen and oxygen atoms in total. The van der Waals surface area contributed by atoms with Gasteiger partial charge in [-0.25, -0.2) is 14.8 Å². The summed E-state index contributed by atoms with van der Waals surface area (Å²) in [6, 6.07) is 21.1. The Hall–Kier alpha value is -3.87. The Balaban J connectivity index is 1.43. The number of amides is 2. The number of hydrogen-bond acceptors (Lipinski definition) is 4. The fourth-order valence-electron chi connectivity index (χ4n) is 5.74. The Labute approximate surface area is 211 Å². The maximum Gasteiger partial charge on any atom is 0.317 e. The first-order valence-electron chi connectivity index (χ1n) is 12.5. The maximum atomic E-state index is 13.0. The lowest BCUT2D eigenvalue weighted by Gasteiger charge is -2.27. The number of pyridine rings is 1. The summed E-state index contributed by atoms with van der Waals surface area (Å²) in [7, 11) is 1.62. The highest BCUT2D eigenvalue weighted by molar-refractivity contribution is 5.83. The number of carbonyl (C=O) groups excluding carboxylic acids is 1. The summed E-state index contributed by atoms with van der Waals surface area (Å²) < 4.78 is 7.64. The monoisotopic (exact) mass is 481 g/mol. The quantitative estimate of drug-likeness (QED) is 0.435. The number of aromatic nitrogens is 3. The predicted octanol–water partition coefficient (Wildman–Crippen LogP) is 5.23. The topological polar surface area (TPSA) is 72.3 Å². The number of ether oxygens (including phenoxy) is 1. The molecule has 184 valence electrons. The molecule has 1 fully saturated rings. The molecule has 2 aromatic heterocycles. The number of nitrogens with zero attached hydrogens (tertiary/aromatic N) is 4. The van der Waals surface area contributed by atoms with E-state index in [1.54, 1.807) is 7.11 Å². The van der Waals surface area contributed by atoms with E-state index in [4.69, 9.17) is 9.72 Å². The molecule has 6 rings (SSSR count). The highest BCUT2D eigenvalue weighted by atomic mass is 16.5. The van der Waals surface area contributed by atoms with Crippen molar-refractivity contribution in [3.8, 4) is 17.0 Å². The van der Waals surface area contributed by atoms with Crippen LogP contribution in [0.5, 0.6) is 5.88 Å². The van der Waals surface area contributed by atoms with E-state index in [1.807, 2.05) is 44.0 Å². The van der Waals surface area contributed by atoms with E-state index in [2.05, 4.69) is 63.4 Å². The second kappa shape index (κ2) is 8.36. The zero-order chi connectivity index (χ0) is 25.0. The van der Waals surface area contributed by atoms with Crippen LogP contribution in [0.25, 0.3) is 22.2 Å². The summed E-state index contributed by atoms with van der Waals surface area (Å²) in [6.45, 7) is 7.44. The number of imidazole rings is 1. The lowest BCUT2D eigenvalue weighted by molar-refractivity contribution is 0.195. The summed E-state index contributed by atoms with van der Waals surface area (Å²) in [5.41, 5.74) is 5.20. The summed E-state index contributed by atoms with van der Waals surface area (Å²) >= 11 is 0. The van der Waals surface area contributed by atoms with E-state index in [0.29, 0.717) is 19.0 Å². The van der Waals surface area contributed by atoms with Crippen LogP contribution < -0.4 is 10.1 Å². The Morgan fingerprint density at radius 2 is 1.81 bits per heavy atom. The van der Waals surface area contributed by atoms with Crippen LogP contribution in [0.15, 0.2) is 66.9 Å². The van der Waals surface area contributed by atoms with Gasteiger partial charge in [-0.2, -0.15) is 0 Å². The molecular weight excluding hydrogens is 450 g/mol. The third kappa shape index (κ3) is 3.79. The summed E-state index contributed by atoms with van der Waals surface area (Å²) in [5, 5.41) is 3.13. The van der Waals surface area contributed by atoms with Crippen molar-refractivity contribution in [3.05, 3.63) is 78.2 Å². The van der Waals surface area contributed by atoms with Gasteiger partial charge in [0.1, 0.15) is 5.82 Å². The molecule has 0 saturated carbocycles. The standard InChI is InChI=1S/C29H31N5O2/c1-29(2,3)32-28(35)33-16-21-22(17-33)27-31-23-12-10-19(20-11-13-25(36-4)30-15-20)14-24(23)34(27)26(21)18-8-6-5-7-9-18/h5-15,21-22,26H,16-17H2,1-4H3,(H,32,35). The van der Waals surface area contributed by atoms with Crippen LogP contribution in [0, 0.1) is 5.92 Å². The molecule has 2 aliphatic heterocycles. The lowest BCUT2D eigenvalue weighted by Crippen LogP contribution is -2.48. The Morgan fingerprint density at radius 1 is 1.03 bits per heavy atom. The number of methoxy groups -OCH3 is 1. The van der Waals surface area contributed by atoms with Crippen molar-refractivity contribution in [2.75, 3.05) is 20.2 Å². The zero-order valence-corrected chi connectivity index (χ0v) is 21.1. The molecule has 2 aliphatic rings. The molecule has 2 amide bonds. The Morgan fingerprint density at radius 3 is 2.50 bits per heavy atom. The summed E-state index contributed by atoms with van der Waals surface area (Å²) in [4.78, 5) is 24.5. The van der Waals surface area contributed by atoms with Crippen molar-refractivity contribution in [2.24, 2.45) is 5.92 Å². The molecule has 4 heterocycles. The van der Waals surface area contributed by atoms with Crippen molar-refractivity contribution in [2.45, 2.75) is 38.3 Å². The van der Waals surface area contributed by atoms with Crippen molar-refractivity contribution >= 4 is 17.1 Å². The number of fused-ring (bicyclic) bond motifs is 5. The number of rotatable bonds is 3. The normalized spacial score (nSPS) is 20.9. The third-order valence-electron chi connectivity index (χ3n) is 7.29. The van der Waals surface area contributed by atoms with E-state index >= 15 is 0 Å². The van der Waals surface area contributed by atoms with Crippen LogP contribution in [0.3, 0.4) is 0 Å². The molecule has 36 heavy (non-hydrogen) atoms. The molecule has 0 spiro atoms. The van der Waals surface area contributed by atoms with Crippen LogP contribution in [-0.2, 0) is 0 Å². The number of urea groups is 1. The highest BCUT2D eigenvalue weighted by Gasteiger charge is 2.50. The van der Waals surface area contributed by atoms with Gasteiger partial charge >= 0.3 is 6.03 Å². The minimum absolute atomic E-state index is 0.000616. The average Bonchev–Trinajstić information content (AvgIpc) is 3.53. The van der Waals surface area contributed by atoms with Gasteiger partial charge in [0.05, 0.1) is 24.2 Å². The van der Waals surface area contributed by atoms with Gasteiger partial charge in [0.15, 0.2) is 0 Å². The van der Waals surface area contributed by atoms with Gasteiger partial charge in [-0.15, -0.1) is 0 Å². The van der Waals surface area contributed by atoms with Crippen molar-refractivity contribution in [1.82, 2.24) is 24.8 Å². The number of benzene rings is 2. The molecule has 4 aromatic rings. The summed E-state index contributed by atoms with van der Waals surface area (Å²) in [6.07, 6.45) is 1.84. The minimum Gasteiger partial charge on any atom is -0.481 e. The van der Waals surface area contributed by atoms with Crippen molar-refractivity contribution in [1.29, 1.82) is 0 Å². The van der Waals surface area contributed by atoms with Crippen LogP contribution in [-0.4, -0.2) is 51.2 Å². The van der Waals surface area contributed by atoms with Crippen LogP contribution in [0.1, 0.15) is 44.1 Å². The van der Waals surface area contributed by atoms with E-state index in [0.717, 1.165) is 28.0 Å². The molecule has 3 unspecified atom stereocenters. The molecule has 3 atom stereocenters. The Kier molecular flexibility index (Phi) is 5.25. The smallest absolute Gasteiger partial charge is 0.317 e. The average molecular weight is 482 g/mol. The fourth-order valence-corrected chi connectivity index (χ4v) is 5.74. The second-order valence-corrected chi connectivity index (χ2v) is 10.8. The van der Waals surface area contributed by atoms with Gasteiger partial charge in [0.25, 0.3) is 0 Å². The number of nitrogens with one attached hydrogen (secondary N) is 1. The summed E-state index contributed by atoms with van der Waals surface area (Å²) in [5.74, 6) is 2.14. The number of likely N-dealkylation sites (tertiary alicyclic amines) is 1. The molecule has 0 aliphatic carbocycles. The largest absolute Gasteiger partial charge is 0.481 e. The molecule has 0 radical (unpaired) electrons. The van der Waals surface area contributed by atoms with Gasteiger partial charge < -0.3 is 19.5 Å². The predicted molar refractivity (Wildman–Crippen MR) is 140 cm³/mol. The van der Waals surface area contributed by atoms with Crippen LogP contribution >= 0.6 is 0 Å². The van der Waals surface area contributed by atoms with Gasteiger partial charge in [0.2, 0.25) is 5.88 Å². The third-order valence-corrected chi connectivity index (χ3v) is 7.29. The van der Waals surface area contributed by atoms with Crippen molar-refractivity contribution in [3.63, 3.8) is 0 Å². The van der Waals surface area contributed by atoms with Gasteiger partial charge in [-0.3, -0.25) is 0 Å². The lowest BCUT2D eigenvalue weighted by atomic mass is 9.88. The van der Waals surface area contributed by atoms with E-state index in [1.165, 1.54) is 5.56 Å². The maximum absolute atomic E-state index is 13.0. The van der Waals surface area contributed by atoms with E-state index in [-0.39, 0.29) is 29.4 Å². The van der Waals surface area contributed by atoms with Gasteiger partial charge in [-0.1, -0.05) is 36.4 Å². The van der Waals surface area contributed by atoms with Gasteiger partial charge in [0, 0.05) is 48.3 Å². The number of carbonyl (C=O) groups is 1. The first-order chi connectivity index (χ1) is 17.3. The fraction of sp³-hybridized carbons (Fsp3) is 0.345. The first-order valence-corrected chi connectivity index (χ1v) is 12.5. The minimum atomic E-state index is -0.270. The van der Waals surface area contributed by atoms with E-state index in [9.17, 15) is 4.79 Å². The zero-order valence-electron chi connectivity index (χ0n) is 21.1. The van der Waals surface area contributed by atoms with E-state index < -0.39 is 0 Å². The first kappa shape index (κ1) is 22.6. The molecular formula is C29H31N5O2. The van der Waals surface area contributed by atoms with Crippen molar-refractivity contribution < 1.29 is 9.53 Å². The molecule has 1 saturated heterocycles. The molecule has 2 aromatic carbocycles. The van der Waals surface area contributed by atoms with Crippen LogP contribution in [0.4, 0.5) is 4.79 Å². The number of hydrogen-bond donors (Lipinski definition) is 1. The molecule has 0 bridgehead atoms. The molecule has 7 heteroatoms. The second-order valence-electron chi connectivity index (χ2n) is 10.8. The van der Waals surface area contributed by atoms with Crippen LogP contribution in [0.2, 0.25) is 0 Å². The highest BCUT2D eigenvalue weighted by Crippen LogP contribution is 2.50.